The molecular formula is C22H22N2O3. The molecule has 5 heteroatoms. The van der Waals surface area contributed by atoms with Crippen LogP contribution in [0, 0.1) is 51.7 Å². The smallest absolute Gasteiger partial charge is 0.346 e. The van der Waals surface area contributed by atoms with Crippen LogP contribution in [0.3, 0.4) is 0 Å². The van der Waals surface area contributed by atoms with E-state index in [9.17, 15) is 15.3 Å². The van der Waals surface area contributed by atoms with Gasteiger partial charge in [0.2, 0.25) is 5.60 Å². The summed E-state index contributed by atoms with van der Waals surface area (Å²) in [6.07, 6.45) is 9.34. The highest BCUT2D eigenvalue weighted by molar-refractivity contribution is 5.89. The van der Waals surface area contributed by atoms with Crippen molar-refractivity contribution in [2.45, 2.75) is 43.8 Å². The second kappa shape index (κ2) is 5.12. The van der Waals surface area contributed by atoms with Gasteiger partial charge in [-0.25, -0.2) is 4.79 Å². The van der Waals surface area contributed by atoms with Gasteiger partial charge in [0.25, 0.3) is 0 Å². The second-order valence-corrected chi connectivity index (χ2v) is 8.64. The Bertz CT molecular complexity index is 889. The van der Waals surface area contributed by atoms with Crippen molar-refractivity contribution in [2.24, 2.45) is 29.1 Å². The lowest BCUT2D eigenvalue weighted by Gasteiger charge is -2.51. The van der Waals surface area contributed by atoms with Gasteiger partial charge >= 0.3 is 5.97 Å². The monoisotopic (exact) mass is 362 g/mol. The number of allylic oxidation sites excluding steroid dienone is 2. The van der Waals surface area contributed by atoms with Gasteiger partial charge < -0.3 is 9.47 Å². The highest BCUT2D eigenvalue weighted by atomic mass is 16.6. The van der Waals surface area contributed by atoms with E-state index in [0.29, 0.717) is 11.8 Å². The molecule has 6 atom stereocenters. The van der Waals surface area contributed by atoms with Crippen molar-refractivity contribution in [1.82, 2.24) is 0 Å². The maximum Gasteiger partial charge on any atom is 0.346 e. The number of rotatable bonds is 2. The Morgan fingerprint density at radius 3 is 2.85 bits per heavy atom. The molecule has 0 aromatic rings. The summed E-state index contributed by atoms with van der Waals surface area (Å²) in [5.41, 5.74) is -1.63. The van der Waals surface area contributed by atoms with Crippen LogP contribution in [0.5, 0.6) is 0 Å². The fraction of sp³-hybridized carbons (Fsp3) is 0.591. The first kappa shape index (κ1) is 16.8. The van der Waals surface area contributed by atoms with Crippen LogP contribution in [-0.4, -0.2) is 23.8 Å². The minimum atomic E-state index is -1.28. The molecule has 4 bridgehead atoms. The fourth-order valence-corrected chi connectivity index (χ4v) is 6.47. The number of hydrogen-bond donors (Lipinski definition) is 0. The van der Waals surface area contributed by atoms with Crippen LogP contribution in [0.1, 0.15) is 32.6 Å². The number of nitriles is 2. The van der Waals surface area contributed by atoms with E-state index in [1.165, 1.54) is 0 Å². The molecule has 0 N–H and O–H groups in total. The number of hydrogen-bond acceptors (Lipinski definition) is 5. The van der Waals surface area contributed by atoms with Gasteiger partial charge in [0.1, 0.15) is 0 Å². The van der Waals surface area contributed by atoms with E-state index < -0.39 is 22.6 Å². The van der Waals surface area contributed by atoms with Gasteiger partial charge in [0, 0.05) is 12.3 Å². The van der Waals surface area contributed by atoms with Crippen molar-refractivity contribution in [2.75, 3.05) is 6.61 Å². The number of fused-ring (bicyclic) bond motifs is 6. The summed E-state index contributed by atoms with van der Waals surface area (Å²) >= 11 is 0. The number of esters is 1. The van der Waals surface area contributed by atoms with Crippen molar-refractivity contribution >= 4 is 5.97 Å². The van der Waals surface area contributed by atoms with Crippen LogP contribution in [0.25, 0.3) is 0 Å². The first-order valence-corrected chi connectivity index (χ1v) is 9.77. The van der Waals surface area contributed by atoms with Crippen molar-refractivity contribution in [3.8, 4) is 12.1 Å². The van der Waals surface area contributed by atoms with Crippen molar-refractivity contribution in [3.63, 3.8) is 0 Å². The third kappa shape index (κ3) is 1.79. The van der Waals surface area contributed by atoms with Crippen LogP contribution in [-0.2, 0) is 14.3 Å². The van der Waals surface area contributed by atoms with E-state index in [1.807, 2.05) is 6.08 Å². The van der Waals surface area contributed by atoms with E-state index in [4.69, 9.17) is 9.47 Å². The summed E-state index contributed by atoms with van der Waals surface area (Å²) < 4.78 is 11.7. The lowest BCUT2D eigenvalue weighted by atomic mass is 9.50. The van der Waals surface area contributed by atoms with E-state index in [2.05, 4.69) is 24.8 Å². The number of carbonyl (C=O) groups is 1. The highest BCUT2D eigenvalue weighted by Gasteiger charge is 2.72. The molecule has 2 aliphatic heterocycles. The Balaban J connectivity index is 1.69. The van der Waals surface area contributed by atoms with Gasteiger partial charge in [0.05, 0.1) is 24.3 Å². The summed E-state index contributed by atoms with van der Waals surface area (Å²) in [6, 6.07) is 4.64. The third-order valence-corrected chi connectivity index (χ3v) is 7.48. The number of carbonyl (C=O) groups excluding carboxylic acids is 1. The summed E-state index contributed by atoms with van der Waals surface area (Å²) in [5.74, 6) is 0.370. The molecule has 3 aliphatic carbocycles. The molecule has 0 aromatic heterocycles. The molecule has 0 radical (unpaired) electrons. The molecule has 2 heterocycles. The molecule has 0 unspecified atom stereocenters. The Kier molecular flexibility index (Phi) is 3.18. The molecule has 0 amide bonds. The number of nitrogens with zero attached hydrogens (tertiary/aromatic N) is 2. The molecule has 0 aromatic carbocycles. The molecule has 3 fully saturated rings. The van der Waals surface area contributed by atoms with Crippen LogP contribution in [0.15, 0.2) is 36.0 Å². The van der Waals surface area contributed by atoms with Gasteiger partial charge in [-0.1, -0.05) is 18.7 Å². The van der Waals surface area contributed by atoms with Gasteiger partial charge in [0.15, 0.2) is 5.41 Å². The molecule has 2 saturated carbocycles. The molecule has 5 aliphatic rings. The van der Waals surface area contributed by atoms with E-state index in [0.717, 1.165) is 30.4 Å². The predicted molar refractivity (Wildman–Crippen MR) is 95.6 cm³/mol. The van der Waals surface area contributed by atoms with Crippen LogP contribution < -0.4 is 0 Å². The summed E-state index contributed by atoms with van der Waals surface area (Å²) in [7, 11) is 0. The predicted octanol–water partition coefficient (Wildman–Crippen LogP) is 3.21. The maximum atomic E-state index is 12.8. The molecule has 5 nitrogen and oxygen atoms in total. The van der Waals surface area contributed by atoms with Gasteiger partial charge in [-0.05, 0) is 61.2 Å². The minimum absolute atomic E-state index is 0.0329. The quantitative estimate of drug-likeness (QED) is 0.556. The first-order valence-electron chi connectivity index (χ1n) is 9.77. The molecule has 5 rings (SSSR count). The Morgan fingerprint density at radius 2 is 2.15 bits per heavy atom. The number of ether oxygens (including phenoxy) is 2. The summed E-state index contributed by atoms with van der Waals surface area (Å²) in [5, 5.41) is 20.1. The Labute approximate surface area is 158 Å². The van der Waals surface area contributed by atoms with Crippen molar-refractivity contribution in [1.29, 1.82) is 10.5 Å². The maximum absolute atomic E-state index is 12.8. The lowest BCUT2D eigenvalue weighted by Crippen LogP contribution is -2.52. The van der Waals surface area contributed by atoms with E-state index in [1.54, 1.807) is 13.0 Å². The topological polar surface area (TPSA) is 83.1 Å². The minimum Gasteiger partial charge on any atom is -0.463 e. The van der Waals surface area contributed by atoms with Gasteiger partial charge in [-0.15, -0.1) is 0 Å². The zero-order valence-electron chi connectivity index (χ0n) is 15.4. The SMILES string of the molecule is C=C1[C@H]2[C@H]3C(=C[C@@H]4CC[C@H]3C4)C(C#N)(C#N)C[C@]23C=C[C@@]1(C(=O)OCC)O3. The first-order chi connectivity index (χ1) is 13.0. The van der Waals surface area contributed by atoms with Crippen LogP contribution >= 0.6 is 0 Å². The Morgan fingerprint density at radius 1 is 1.37 bits per heavy atom. The third-order valence-electron chi connectivity index (χ3n) is 7.48. The zero-order valence-corrected chi connectivity index (χ0v) is 15.4. The van der Waals surface area contributed by atoms with Crippen LogP contribution in [0.2, 0.25) is 0 Å². The summed E-state index contributed by atoms with van der Waals surface area (Å²) in [4.78, 5) is 12.8. The van der Waals surface area contributed by atoms with E-state index >= 15 is 0 Å². The molecule has 27 heavy (non-hydrogen) atoms. The normalized spacial score (nSPS) is 44.7. The van der Waals surface area contributed by atoms with E-state index in [-0.39, 0.29) is 24.9 Å². The summed E-state index contributed by atoms with van der Waals surface area (Å²) in [6.45, 7) is 6.33. The average Bonchev–Trinajstić information content (AvgIpc) is 3.31. The largest absolute Gasteiger partial charge is 0.463 e. The lowest BCUT2D eigenvalue weighted by molar-refractivity contribution is -0.165. The molecule has 1 spiro atoms. The van der Waals surface area contributed by atoms with Crippen molar-refractivity contribution < 1.29 is 14.3 Å². The Hall–Kier alpha value is -2.37. The zero-order chi connectivity index (χ0) is 19.0. The van der Waals surface area contributed by atoms with Crippen LogP contribution in [0.4, 0.5) is 0 Å². The highest BCUT2D eigenvalue weighted by Crippen LogP contribution is 2.68. The van der Waals surface area contributed by atoms with Gasteiger partial charge in [-0.2, -0.15) is 10.5 Å². The average molecular weight is 362 g/mol. The standard InChI is InChI=1S/C22H22N2O3/c1-3-26-19(25)22-7-6-21(27-22)10-20(11-23,12-24)16-9-14-4-5-15(8-14)17(16)18(21)13(22)2/h6-7,9,14-15,17-18H,2-5,8,10H2,1H3/t14-,15+,17-,18+,21-,22-/m1/s1. The second-order valence-electron chi connectivity index (χ2n) is 8.64. The fourth-order valence-electron chi connectivity index (χ4n) is 6.47. The van der Waals surface area contributed by atoms with Gasteiger partial charge in [-0.3, -0.25) is 0 Å². The molecule has 1 saturated heterocycles. The molecular weight excluding hydrogens is 340 g/mol. The van der Waals surface area contributed by atoms with Crippen molar-refractivity contribution in [3.05, 3.63) is 36.0 Å². The molecule has 138 valence electrons.